The molecule has 0 saturated carbocycles. The zero-order chi connectivity index (χ0) is 17.6. The minimum Gasteiger partial charge on any atom is -0.457 e. The zero-order valence-electron chi connectivity index (χ0n) is 14.1. The fourth-order valence-corrected chi connectivity index (χ4v) is 4.40. The molecule has 0 aliphatic heterocycles. The van der Waals surface area contributed by atoms with Crippen LogP contribution in [0, 0.1) is 0 Å². The van der Waals surface area contributed by atoms with E-state index in [4.69, 9.17) is 4.74 Å². The Morgan fingerprint density at radius 1 is 1.12 bits per heavy atom. The minimum absolute atomic E-state index is 0.101. The summed E-state index contributed by atoms with van der Waals surface area (Å²) in [6, 6.07) is 16.9. The SMILES string of the molecule is CCc1csc(SC(C)C(=O)c2ccc(Oc3ccccc3)cc2)n1. The predicted molar refractivity (Wildman–Crippen MR) is 104 cm³/mol. The van der Waals surface area contributed by atoms with Crippen LogP contribution in [0.25, 0.3) is 0 Å². The molecule has 1 atom stereocenters. The Morgan fingerprint density at radius 3 is 2.44 bits per heavy atom. The number of benzene rings is 2. The Bertz CT molecular complexity index is 828. The number of nitrogens with zero attached hydrogens (tertiary/aromatic N) is 1. The van der Waals surface area contributed by atoms with E-state index in [1.807, 2.05) is 61.5 Å². The summed E-state index contributed by atoms with van der Waals surface area (Å²) in [5, 5.41) is 1.88. The van der Waals surface area contributed by atoms with Gasteiger partial charge in [0.05, 0.1) is 10.9 Å². The van der Waals surface area contributed by atoms with Gasteiger partial charge in [0, 0.05) is 10.9 Å². The van der Waals surface area contributed by atoms with Crippen LogP contribution in [0.4, 0.5) is 0 Å². The Balaban J connectivity index is 1.63. The molecule has 0 amide bonds. The number of para-hydroxylation sites is 1. The first-order valence-corrected chi connectivity index (χ1v) is 9.90. The third-order valence-electron chi connectivity index (χ3n) is 3.66. The monoisotopic (exact) mass is 369 g/mol. The third kappa shape index (κ3) is 4.71. The predicted octanol–water partition coefficient (Wildman–Crippen LogP) is 5.86. The van der Waals surface area contributed by atoms with Gasteiger partial charge in [-0.1, -0.05) is 36.9 Å². The standard InChI is InChI=1S/C20H19NO2S2/c1-3-16-13-24-20(21-16)25-14(2)19(22)15-9-11-18(12-10-15)23-17-7-5-4-6-8-17/h4-14H,3H2,1-2H3. The largest absolute Gasteiger partial charge is 0.457 e. The first-order chi connectivity index (χ1) is 12.2. The summed E-state index contributed by atoms with van der Waals surface area (Å²) in [5.41, 5.74) is 1.77. The maximum atomic E-state index is 12.6. The van der Waals surface area contributed by atoms with Crippen molar-refractivity contribution in [3.63, 3.8) is 0 Å². The molecule has 0 saturated heterocycles. The number of aromatic nitrogens is 1. The molecule has 25 heavy (non-hydrogen) atoms. The van der Waals surface area contributed by atoms with Crippen molar-refractivity contribution in [3.05, 3.63) is 71.2 Å². The molecule has 2 aromatic carbocycles. The van der Waals surface area contributed by atoms with Gasteiger partial charge in [-0.15, -0.1) is 11.3 Å². The number of hydrogen-bond donors (Lipinski definition) is 0. The summed E-state index contributed by atoms with van der Waals surface area (Å²) in [4.78, 5) is 17.1. The van der Waals surface area contributed by atoms with Crippen LogP contribution in [0.5, 0.6) is 11.5 Å². The van der Waals surface area contributed by atoms with E-state index >= 15 is 0 Å². The summed E-state index contributed by atoms with van der Waals surface area (Å²) in [6.45, 7) is 4.01. The van der Waals surface area contributed by atoms with Gasteiger partial charge in [0.25, 0.3) is 0 Å². The lowest BCUT2D eigenvalue weighted by Gasteiger charge is -2.10. The molecule has 0 spiro atoms. The molecule has 3 rings (SSSR count). The summed E-state index contributed by atoms with van der Waals surface area (Å²) in [7, 11) is 0. The average Bonchev–Trinajstić information content (AvgIpc) is 3.10. The summed E-state index contributed by atoms with van der Waals surface area (Å²) >= 11 is 3.11. The van der Waals surface area contributed by atoms with Crippen molar-refractivity contribution in [2.24, 2.45) is 0 Å². The first-order valence-electron chi connectivity index (χ1n) is 8.14. The highest BCUT2D eigenvalue weighted by Gasteiger charge is 2.18. The number of carbonyl (C=O) groups is 1. The maximum absolute atomic E-state index is 12.6. The van der Waals surface area contributed by atoms with Gasteiger partial charge in [-0.25, -0.2) is 4.98 Å². The number of carbonyl (C=O) groups excluding carboxylic acids is 1. The summed E-state index contributed by atoms with van der Waals surface area (Å²) < 4.78 is 6.71. The highest BCUT2D eigenvalue weighted by molar-refractivity contribution is 8.02. The lowest BCUT2D eigenvalue weighted by atomic mass is 10.1. The van der Waals surface area contributed by atoms with E-state index in [-0.39, 0.29) is 11.0 Å². The summed E-state index contributed by atoms with van der Waals surface area (Å²) in [5.74, 6) is 1.60. The molecule has 3 aromatic rings. The Kier molecular flexibility index (Phi) is 5.89. The number of ether oxygens (including phenoxy) is 1. The molecule has 0 fully saturated rings. The lowest BCUT2D eigenvalue weighted by molar-refractivity contribution is 0.0994. The normalized spacial score (nSPS) is 11.9. The van der Waals surface area contributed by atoms with Gasteiger partial charge in [-0.05, 0) is 49.7 Å². The maximum Gasteiger partial charge on any atom is 0.175 e. The highest BCUT2D eigenvalue weighted by atomic mass is 32.2. The minimum atomic E-state index is -0.170. The van der Waals surface area contributed by atoms with Crippen LogP contribution >= 0.6 is 23.1 Å². The first kappa shape index (κ1) is 17.7. The average molecular weight is 370 g/mol. The van der Waals surface area contributed by atoms with Gasteiger partial charge in [-0.2, -0.15) is 0 Å². The molecule has 5 heteroatoms. The molecular weight excluding hydrogens is 350 g/mol. The number of rotatable bonds is 7. The quantitative estimate of drug-likeness (QED) is 0.386. The van der Waals surface area contributed by atoms with E-state index in [0.717, 1.165) is 28.0 Å². The van der Waals surface area contributed by atoms with Crippen LogP contribution in [0.3, 0.4) is 0 Å². The van der Waals surface area contributed by atoms with Gasteiger partial charge in [-0.3, -0.25) is 4.79 Å². The van der Waals surface area contributed by atoms with Crippen LogP contribution < -0.4 is 4.74 Å². The van der Waals surface area contributed by atoms with Crippen LogP contribution in [0.1, 0.15) is 29.9 Å². The molecule has 1 aromatic heterocycles. The number of thioether (sulfide) groups is 1. The van der Waals surface area contributed by atoms with Crippen molar-refractivity contribution in [3.8, 4) is 11.5 Å². The Labute approximate surface area is 156 Å². The number of thiazole rings is 1. The highest BCUT2D eigenvalue weighted by Crippen LogP contribution is 2.29. The molecule has 0 aliphatic rings. The van der Waals surface area contributed by atoms with Crippen molar-refractivity contribution >= 4 is 28.9 Å². The number of Topliss-reactive ketones (excluding diaryl/α,β-unsaturated/α-hetero) is 1. The van der Waals surface area contributed by atoms with Crippen molar-refractivity contribution in [1.82, 2.24) is 4.98 Å². The van der Waals surface area contributed by atoms with Gasteiger partial charge < -0.3 is 4.74 Å². The molecule has 128 valence electrons. The van der Waals surface area contributed by atoms with Crippen LogP contribution in [-0.4, -0.2) is 16.0 Å². The van der Waals surface area contributed by atoms with E-state index < -0.39 is 0 Å². The van der Waals surface area contributed by atoms with Crippen molar-refractivity contribution < 1.29 is 9.53 Å². The lowest BCUT2D eigenvalue weighted by Crippen LogP contribution is -2.13. The smallest absolute Gasteiger partial charge is 0.175 e. The molecule has 0 bridgehead atoms. The number of aryl methyl sites for hydroxylation is 1. The van der Waals surface area contributed by atoms with Crippen molar-refractivity contribution in [2.75, 3.05) is 0 Å². The molecule has 3 nitrogen and oxygen atoms in total. The van der Waals surface area contributed by atoms with Crippen molar-refractivity contribution in [2.45, 2.75) is 29.9 Å². The van der Waals surface area contributed by atoms with E-state index in [1.165, 1.54) is 11.8 Å². The van der Waals surface area contributed by atoms with E-state index in [0.29, 0.717) is 5.56 Å². The topological polar surface area (TPSA) is 39.2 Å². The van der Waals surface area contributed by atoms with Crippen LogP contribution in [0.2, 0.25) is 0 Å². The molecule has 1 heterocycles. The molecule has 0 radical (unpaired) electrons. The molecule has 0 N–H and O–H groups in total. The van der Waals surface area contributed by atoms with E-state index in [1.54, 1.807) is 11.3 Å². The van der Waals surface area contributed by atoms with Crippen molar-refractivity contribution in [1.29, 1.82) is 0 Å². The Morgan fingerprint density at radius 2 is 1.80 bits per heavy atom. The fraction of sp³-hybridized carbons (Fsp3) is 0.200. The second-order valence-corrected chi connectivity index (χ2v) is 7.97. The van der Waals surface area contributed by atoms with Crippen LogP contribution in [0.15, 0.2) is 64.3 Å². The second kappa shape index (κ2) is 8.32. The van der Waals surface area contributed by atoms with Gasteiger partial charge in [0.1, 0.15) is 11.5 Å². The summed E-state index contributed by atoms with van der Waals surface area (Å²) in [6.07, 6.45) is 0.919. The fourth-order valence-electron chi connectivity index (χ4n) is 2.26. The Hall–Kier alpha value is -2.11. The van der Waals surface area contributed by atoms with E-state index in [2.05, 4.69) is 17.3 Å². The molecule has 1 unspecified atom stereocenters. The third-order valence-corrected chi connectivity index (χ3v) is 5.78. The molecular formula is C20H19NO2S2. The van der Waals surface area contributed by atoms with Gasteiger partial charge >= 0.3 is 0 Å². The number of hydrogen-bond acceptors (Lipinski definition) is 5. The zero-order valence-corrected chi connectivity index (χ0v) is 15.8. The number of ketones is 1. The second-order valence-electron chi connectivity index (χ2n) is 5.52. The van der Waals surface area contributed by atoms with E-state index in [9.17, 15) is 4.79 Å². The van der Waals surface area contributed by atoms with Gasteiger partial charge in [0.15, 0.2) is 10.1 Å². The van der Waals surface area contributed by atoms with Crippen LogP contribution in [-0.2, 0) is 6.42 Å². The van der Waals surface area contributed by atoms with Gasteiger partial charge in [0.2, 0.25) is 0 Å². The molecule has 0 aliphatic carbocycles.